The van der Waals surface area contributed by atoms with Crippen LogP contribution in [-0.2, 0) is 9.53 Å². The van der Waals surface area contributed by atoms with E-state index in [1.165, 1.54) is 18.4 Å². The molecule has 1 unspecified atom stereocenters. The summed E-state index contributed by atoms with van der Waals surface area (Å²) in [6.07, 6.45) is -1.17. The Morgan fingerprint density at radius 2 is 2.50 bits per heavy atom. The molecule has 0 aromatic carbocycles. The summed E-state index contributed by atoms with van der Waals surface area (Å²) in [5.74, 6) is -0.639. The summed E-state index contributed by atoms with van der Waals surface area (Å²) in [5.41, 5.74) is 0.554. The first-order chi connectivity index (χ1) is 5.65. The van der Waals surface area contributed by atoms with E-state index in [2.05, 4.69) is 20.7 Å². The lowest BCUT2D eigenvalue weighted by Crippen LogP contribution is -2.12. The summed E-state index contributed by atoms with van der Waals surface area (Å²) < 4.78 is 5.25. The molecule has 0 aliphatic heterocycles. The summed E-state index contributed by atoms with van der Waals surface area (Å²) in [4.78, 5) is 10.8. The molecule has 1 rings (SSSR count). The van der Waals surface area contributed by atoms with Crippen LogP contribution in [0.4, 0.5) is 0 Å². The second-order valence-corrected chi connectivity index (χ2v) is 4.40. The van der Waals surface area contributed by atoms with Crippen molar-refractivity contribution in [2.45, 2.75) is 6.10 Å². The van der Waals surface area contributed by atoms with Crippen LogP contribution in [0.1, 0.15) is 11.7 Å². The average Bonchev–Trinajstić information content (AvgIpc) is 2.49. The molecule has 0 saturated carbocycles. The van der Waals surface area contributed by atoms with Gasteiger partial charge < -0.3 is 9.84 Å². The number of ether oxygens (including phenoxy) is 1. The third-order valence-electron chi connectivity index (χ3n) is 1.33. The van der Waals surface area contributed by atoms with E-state index in [1.807, 2.05) is 0 Å². The highest BCUT2D eigenvalue weighted by Gasteiger charge is 2.18. The highest BCUT2D eigenvalue weighted by Crippen LogP contribution is 2.25. The number of rotatable bonds is 2. The highest BCUT2D eigenvalue weighted by molar-refractivity contribution is 9.11. The maximum absolute atomic E-state index is 10.8. The van der Waals surface area contributed by atoms with Gasteiger partial charge in [-0.3, -0.25) is 0 Å². The Kier molecular flexibility index (Phi) is 3.25. The second kappa shape index (κ2) is 4.02. The van der Waals surface area contributed by atoms with Gasteiger partial charge in [0.1, 0.15) is 0 Å². The van der Waals surface area contributed by atoms with Crippen LogP contribution in [0.5, 0.6) is 0 Å². The van der Waals surface area contributed by atoms with E-state index < -0.39 is 12.1 Å². The van der Waals surface area contributed by atoms with Crippen LogP contribution in [0.2, 0.25) is 0 Å². The van der Waals surface area contributed by atoms with Gasteiger partial charge in [-0.2, -0.15) is 0 Å². The highest BCUT2D eigenvalue weighted by atomic mass is 79.9. The summed E-state index contributed by atoms with van der Waals surface area (Å²) in [7, 11) is 1.24. The first-order valence-corrected chi connectivity index (χ1v) is 4.82. The van der Waals surface area contributed by atoms with E-state index in [4.69, 9.17) is 0 Å². The number of hydrogen-bond donors (Lipinski definition) is 1. The minimum atomic E-state index is -1.17. The van der Waals surface area contributed by atoms with E-state index in [0.29, 0.717) is 5.56 Å². The maximum atomic E-state index is 10.8. The van der Waals surface area contributed by atoms with Gasteiger partial charge in [0.05, 0.1) is 10.9 Å². The lowest BCUT2D eigenvalue weighted by molar-refractivity contribution is -0.150. The van der Waals surface area contributed by atoms with Gasteiger partial charge in [0.15, 0.2) is 6.10 Å². The van der Waals surface area contributed by atoms with Crippen LogP contribution >= 0.6 is 27.3 Å². The molecular formula is C7H7BrO3S. The fourth-order valence-corrected chi connectivity index (χ4v) is 1.91. The van der Waals surface area contributed by atoms with Gasteiger partial charge in [0.25, 0.3) is 0 Å². The molecule has 5 heteroatoms. The quantitative estimate of drug-likeness (QED) is 0.814. The molecule has 0 aliphatic rings. The van der Waals surface area contributed by atoms with Gasteiger partial charge >= 0.3 is 5.97 Å². The second-order valence-electron chi connectivity index (χ2n) is 2.11. The molecule has 0 bridgehead atoms. The largest absolute Gasteiger partial charge is 0.467 e. The predicted molar refractivity (Wildman–Crippen MR) is 49.0 cm³/mol. The Hall–Kier alpha value is -0.390. The Bertz CT molecular complexity index is 284. The normalized spacial score (nSPS) is 12.6. The van der Waals surface area contributed by atoms with Crippen LogP contribution < -0.4 is 0 Å². The van der Waals surface area contributed by atoms with Gasteiger partial charge in [-0.05, 0) is 27.4 Å². The van der Waals surface area contributed by atoms with Crippen molar-refractivity contribution in [1.82, 2.24) is 0 Å². The van der Waals surface area contributed by atoms with Gasteiger partial charge in [0.2, 0.25) is 0 Å². The Morgan fingerprint density at radius 3 is 2.92 bits per heavy atom. The zero-order valence-electron chi connectivity index (χ0n) is 6.28. The predicted octanol–water partition coefficient (Wildman–Crippen LogP) is 1.72. The van der Waals surface area contributed by atoms with Crippen molar-refractivity contribution in [3.05, 3.63) is 20.8 Å². The molecule has 1 aromatic rings. The van der Waals surface area contributed by atoms with Crippen molar-refractivity contribution in [2.75, 3.05) is 7.11 Å². The first kappa shape index (κ1) is 9.70. The summed E-state index contributed by atoms with van der Waals surface area (Å²) in [6, 6.07) is 1.69. The molecule has 0 radical (unpaired) electrons. The summed E-state index contributed by atoms with van der Waals surface area (Å²) in [5, 5.41) is 11.0. The molecule has 0 aliphatic carbocycles. The number of aliphatic hydroxyl groups is 1. The number of carbonyl (C=O) groups excluding carboxylic acids is 1. The topological polar surface area (TPSA) is 46.5 Å². The average molecular weight is 251 g/mol. The van der Waals surface area contributed by atoms with Crippen LogP contribution in [0.25, 0.3) is 0 Å². The molecule has 1 heterocycles. The fourth-order valence-electron chi connectivity index (χ4n) is 0.715. The molecule has 3 nitrogen and oxygen atoms in total. The van der Waals surface area contributed by atoms with Crippen molar-refractivity contribution in [2.24, 2.45) is 0 Å². The minimum Gasteiger partial charge on any atom is -0.467 e. The maximum Gasteiger partial charge on any atom is 0.339 e. The van der Waals surface area contributed by atoms with Crippen molar-refractivity contribution >= 4 is 33.2 Å². The van der Waals surface area contributed by atoms with Crippen LogP contribution in [0, 0.1) is 0 Å². The fraction of sp³-hybridized carbons (Fsp3) is 0.286. The standard InChI is InChI=1S/C7H7BrO3S/c1-11-7(10)6(9)4-2-5(8)12-3-4/h2-3,6,9H,1H3. The van der Waals surface area contributed by atoms with Gasteiger partial charge in [-0.15, -0.1) is 11.3 Å². The minimum absolute atomic E-state index is 0.554. The van der Waals surface area contributed by atoms with E-state index in [0.717, 1.165) is 3.79 Å². The molecule has 1 atom stereocenters. The molecular weight excluding hydrogens is 244 g/mol. The SMILES string of the molecule is COC(=O)C(O)c1csc(Br)c1. The molecule has 66 valence electrons. The van der Waals surface area contributed by atoms with Crippen LogP contribution in [-0.4, -0.2) is 18.2 Å². The lowest BCUT2D eigenvalue weighted by Gasteiger charge is -2.04. The molecule has 12 heavy (non-hydrogen) atoms. The van der Waals surface area contributed by atoms with Crippen molar-refractivity contribution in [1.29, 1.82) is 0 Å². The van der Waals surface area contributed by atoms with Gasteiger partial charge in [-0.1, -0.05) is 0 Å². The Labute approximate surface area is 82.1 Å². The Balaban J connectivity index is 2.77. The molecule has 1 aromatic heterocycles. The first-order valence-electron chi connectivity index (χ1n) is 3.15. The molecule has 0 spiro atoms. The number of hydrogen-bond acceptors (Lipinski definition) is 4. The van der Waals surface area contributed by atoms with E-state index in [9.17, 15) is 9.90 Å². The monoisotopic (exact) mass is 250 g/mol. The van der Waals surface area contributed by atoms with Crippen LogP contribution in [0.15, 0.2) is 15.2 Å². The van der Waals surface area contributed by atoms with E-state index >= 15 is 0 Å². The zero-order valence-corrected chi connectivity index (χ0v) is 8.68. The van der Waals surface area contributed by atoms with E-state index in [1.54, 1.807) is 11.4 Å². The number of thiophene rings is 1. The number of esters is 1. The smallest absolute Gasteiger partial charge is 0.339 e. The third-order valence-corrected chi connectivity index (χ3v) is 2.85. The summed E-state index contributed by atoms with van der Waals surface area (Å²) >= 11 is 4.64. The molecule has 0 saturated heterocycles. The van der Waals surface area contributed by atoms with Gasteiger partial charge in [-0.25, -0.2) is 4.79 Å². The molecule has 0 fully saturated rings. The van der Waals surface area contributed by atoms with Crippen molar-refractivity contribution < 1.29 is 14.6 Å². The Morgan fingerprint density at radius 1 is 1.83 bits per heavy atom. The zero-order chi connectivity index (χ0) is 9.14. The van der Waals surface area contributed by atoms with E-state index in [-0.39, 0.29) is 0 Å². The molecule has 0 amide bonds. The van der Waals surface area contributed by atoms with Crippen molar-refractivity contribution in [3.63, 3.8) is 0 Å². The molecule has 1 N–H and O–H groups in total. The summed E-state index contributed by atoms with van der Waals surface area (Å²) in [6.45, 7) is 0. The number of methoxy groups -OCH3 is 1. The number of carbonyl (C=O) groups is 1. The van der Waals surface area contributed by atoms with Crippen molar-refractivity contribution in [3.8, 4) is 0 Å². The third kappa shape index (κ3) is 2.06. The number of halogens is 1. The van der Waals surface area contributed by atoms with Crippen LogP contribution in [0.3, 0.4) is 0 Å². The van der Waals surface area contributed by atoms with Gasteiger partial charge in [0, 0.05) is 5.56 Å². The number of aliphatic hydroxyl groups excluding tert-OH is 1. The lowest BCUT2D eigenvalue weighted by atomic mass is 10.2.